The van der Waals surface area contributed by atoms with Crippen LogP contribution in [-0.2, 0) is 5.75 Å². The van der Waals surface area contributed by atoms with Crippen LogP contribution in [0.4, 0.5) is 8.78 Å². The minimum absolute atomic E-state index is 0.0685. The maximum Gasteiger partial charge on any atom is 0.387 e. The molecular weight excluding hydrogens is 374 g/mol. The molecular formula is C18H18F2N4O2S. The third-order valence-electron chi connectivity index (χ3n) is 3.63. The molecule has 9 heteroatoms. The van der Waals surface area contributed by atoms with E-state index >= 15 is 0 Å². The molecule has 0 atom stereocenters. The van der Waals surface area contributed by atoms with Crippen LogP contribution < -0.4 is 15.3 Å². The van der Waals surface area contributed by atoms with Gasteiger partial charge in [-0.2, -0.15) is 8.78 Å². The highest BCUT2D eigenvalue weighted by Gasteiger charge is 2.14. The molecule has 3 rings (SSSR count). The first-order valence-corrected chi connectivity index (χ1v) is 9.16. The average molecular weight is 392 g/mol. The summed E-state index contributed by atoms with van der Waals surface area (Å²) in [6.45, 7) is -0.342. The zero-order chi connectivity index (χ0) is 19.2. The lowest BCUT2D eigenvalue weighted by atomic mass is 10.2. The minimum Gasteiger partial charge on any atom is -0.494 e. The van der Waals surface area contributed by atoms with Crippen molar-refractivity contribution < 1.29 is 18.3 Å². The Morgan fingerprint density at radius 1 is 1.11 bits per heavy atom. The van der Waals surface area contributed by atoms with Gasteiger partial charge in [0.25, 0.3) is 0 Å². The summed E-state index contributed by atoms with van der Waals surface area (Å²) in [4.78, 5) is 0. The Morgan fingerprint density at radius 2 is 1.85 bits per heavy atom. The quantitative estimate of drug-likeness (QED) is 0.462. The monoisotopic (exact) mass is 392 g/mol. The Labute approximate surface area is 159 Å². The van der Waals surface area contributed by atoms with E-state index in [2.05, 4.69) is 14.9 Å². The van der Waals surface area contributed by atoms with Crippen LogP contribution >= 0.6 is 11.8 Å². The summed E-state index contributed by atoms with van der Waals surface area (Å²) in [5, 5.41) is 8.74. The van der Waals surface area contributed by atoms with E-state index in [4.69, 9.17) is 10.6 Å². The first-order chi connectivity index (χ1) is 13.1. The molecule has 0 aliphatic carbocycles. The predicted molar refractivity (Wildman–Crippen MR) is 99.4 cm³/mol. The molecule has 0 spiro atoms. The van der Waals surface area contributed by atoms with Crippen LogP contribution in [0.1, 0.15) is 12.5 Å². The highest BCUT2D eigenvalue weighted by atomic mass is 32.2. The van der Waals surface area contributed by atoms with E-state index in [0.717, 1.165) is 11.3 Å². The molecule has 0 radical (unpaired) electrons. The molecule has 1 heterocycles. The van der Waals surface area contributed by atoms with Crippen molar-refractivity contribution in [3.63, 3.8) is 0 Å². The number of nitrogen functional groups attached to an aromatic ring is 1. The van der Waals surface area contributed by atoms with Crippen molar-refractivity contribution in [2.24, 2.45) is 0 Å². The number of para-hydroxylation sites is 1. The average Bonchev–Trinajstić information content (AvgIpc) is 3.02. The first-order valence-electron chi connectivity index (χ1n) is 8.17. The van der Waals surface area contributed by atoms with Gasteiger partial charge in [-0.25, -0.2) is 4.68 Å². The second kappa shape index (κ2) is 8.72. The van der Waals surface area contributed by atoms with Gasteiger partial charge in [0.15, 0.2) is 5.82 Å². The van der Waals surface area contributed by atoms with Gasteiger partial charge in [0.05, 0.1) is 6.61 Å². The molecule has 1 aromatic heterocycles. The molecule has 27 heavy (non-hydrogen) atoms. The fourth-order valence-corrected chi connectivity index (χ4v) is 3.27. The maximum atomic E-state index is 12.2. The minimum atomic E-state index is -2.86. The summed E-state index contributed by atoms with van der Waals surface area (Å²) in [5.74, 6) is 8.04. The number of hydrogen-bond acceptors (Lipinski definition) is 6. The number of halogens is 2. The van der Waals surface area contributed by atoms with Crippen LogP contribution in [0.5, 0.6) is 11.5 Å². The van der Waals surface area contributed by atoms with E-state index in [1.807, 2.05) is 31.2 Å². The maximum absolute atomic E-state index is 12.2. The third-order valence-corrected chi connectivity index (χ3v) is 4.62. The fraction of sp³-hybridized carbons (Fsp3) is 0.222. The van der Waals surface area contributed by atoms with E-state index in [9.17, 15) is 8.78 Å². The van der Waals surface area contributed by atoms with Gasteiger partial charge in [-0.05, 0) is 37.3 Å². The molecule has 0 aliphatic rings. The van der Waals surface area contributed by atoms with Gasteiger partial charge in [-0.1, -0.05) is 30.0 Å². The second-order valence-corrected chi connectivity index (χ2v) is 6.35. The molecule has 0 amide bonds. The molecule has 6 nitrogen and oxygen atoms in total. The Bertz CT molecular complexity index is 887. The lowest BCUT2D eigenvalue weighted by Gasteiger charge is -2.09. The fourth-order valence-electron chi connectivity index (χ4n) is 2.42. The number of benzene rings is 2. The van der Waals surface area contributed by atoms with E-state index < -0.39 is 6.61 Å². The summed E-state index contributed by atoms with van der Waals surface area (Å²) < 4.78 is 35.8. The summed E-state index contributed by atoms with van der Waals surface area (Å²) in [6, 6.07) is 13.8. The van der Waals surface area contributed by atoms with Crippen molar-refractivity contribution >= 4 is 11.8 Å². The Kier molecular flexibility index (Phi) is 6.12. The molecule has 0 unspecified atom stereocenters. The molecule has 0 saturated carbocycles. The van der Waals surface area contributed by atoms with Gasteiger partial charge in [-0.3, -0.25) is 0 Å². The van der Waals surface area contributed by atoms with Crippen LogP contribution in [0.25, 0.3) is 11.4 Å². The van der Waals surface area contributed by atoms with Gasteiger partial charge in [-0.15, -0.1) is 10.2 Å². The molecule has 2 aromatic carbocycles. The molecule has 2 N–H and O–H groups in total. The lowest BCUT2D eigenvalue weighted by Crippen LogP contribution is -2.11. The van der Waals surface area contributed by atoms with Crippen LogP contribution in [0.2, 0.25) is 0 Å². The van der Waals surface area contributed by atoms with E-state index in [-0.39, 0.29) is 5.75 Å². The first kappa shape index (κ1) is 19.0. The Morgan fingerprint density at radius 3 is 2.56 bits per heavy atom. The van der Waals surface area contributed by atoms with E-state index in [1.165, 1.54) is 28.6 Å². The molecule has 0 bridgehead atoms. The van der Waals surface area contributed by atoms with E-state index in [0.29, 0.717) is 28.9 Å². The molecule has 0 saturated heterocycles. The molecule has 3 aromatic rings. The van der Waals surface area contributed by atoms with Crippen molar-refractivity contribution in [2.75, 3.05) is 12.4 Å². The van der Waals surface area contributed by atoms with Crippen LogP contribution in [0.3, 0.4) is 0 Å². The van der Waals surface area contributed by atoms with E-state index in [1.54, 1.807) is 12.1 Å². The third kappa shape index (κ3) is 4.68. The van der Waals surface area contributed by atoms with Gasteiger partial charge < -0.3 is 15.3 Å². The molecule has 0 fully saturated rings. The summed E-state index contributed by atoms with van der Waals surface area (Å²) in [5.41, 5.74) is 1.68. The number of alkyl halides is 2. The zero-order valence-electron chi connectivity index (χ0n) is 14.5. The number of hydrogen-bond donors (Lipinski definition) is 1. The number of ether oxygens (including phenoxy) is 2. The number of nitrogens with two attached hydrogens (primary N) is 1. The molecule has 142 valence electrons. The SMILES string of the molecule is CCOc1ccccc1CSc1nnc(-c2ccc(OC(F)F)cc2)n1N. The molecule has 0 aliphatic heterocycles. The van der Waals surface area contributed by atoms with Crippen molar-refractivity contribution in [3.05, 3.63) is 54.1 Å². The summed E-state index contributed by atoms with van der Waals surface area (Å²) in [6.07, 6.45) is 0. The number of nitrogens with zero attached hydrogens (tertiary/aromatic N) is 3. The topological polar surface area (TPSA) is 75.2 Å². The van der Waals surface area contributed by atoms with Crippen LogP contribution in [-0.4, -0.2) is 28.1 Å². The normalized spacial score (nSPS) is 11.0. The Hall–Kier alpha value is -2.81. The number of rotatable bonds is 8. The Balaban J connectivity index is 1.72. The standard InChI is InChI=1S/C18H18F2N4O2S/c1-2-25-15-6-4-3-5-13(15)11-27-18-23-22-16(24(18)21)12-7-9-14(10-8-12)26-17(19)20/h3-10,17H,2,11,21H2,1H3. The van der Waals surface area contributed by atoms with Crippen LogP contribution in [0.15, 0.2) is 53.7 Å². The summed E-state index contributed by atoms with van der Waals surface area (Å²) >= 11 is 1.43. The summed E-state index contributed by atoms with van der Waals surface area (Å²) in [7, 11) is 0. The van der Waals surface area contributed by atoms with Crippen molar-refractivity contribution in [1.82, 2.24) is 14.9 Å². The number of thioether (sulfide) groups is 1. The van der Waals surface area contributed by atoms with Gasteiger partial charge in [0.1, 0.15) is 11.5 Å². The zero-order valence-corrected chi connectivity index (χ0v) is 15.3. The van der Waals surface area contributed by atoms with Gasteiger partial charge in [0, 0.05) is 16.9 Å². The van der Waals surface area contributed by atoms with Crippen molar-refractivity contribution in [3.8, 4) is 22.9 Å². The lowest BCUT2D eigenvalue weighted by molar-refractivity contribution is -0.0498. The van der Waals surface area contributed by atoms with Crippen molar-refractivity contribution in [1.29, 1.82) is 0 Å². The van der Waals surface area contributed by atoms with Gasteiger partial charge >= 0.3 is 6.61 Å². The van der Waals surface area contributed by atoms with Gasteiger partial charge in [0.2, 0.25) is 5.16 Å². The highest BCUT2D eigenvalue weighted by molar-refractivity contribution is 7.98. The van der Waals surface area contributed by atoms with Crippen molar-refractivity contribution in [2.45, 2.75) is 24.4 Å². The smallest absolute Gasteiger partial charge is 0.387 e. The largest absolute Gasteiger partial charge is 0.494 e. The highest BCUT2D eigenvalue weighted by Crippen LogP contribution is 2.29. The van der Waals surface area contributed by atoms with Crippen LogP contribution in [0, 0.1) is 0 Å². The number of aromatic nitrogens is 3. The second-order valence-electron chi connectivity index (χ2n) is 5.41. The predicted octanol–water partition coefficient (Wildman–Crippen LogP) is 3.95.